The van der Waals surface area contributed by atoms with Crippen LogP contribution < -0.4 is 4.90 Å². The minimum atomic E-state index is -1.08. The van der Waals surface area contributed by atoms with Gasteiger partial charge in [-0.25, -0.2) is 9.69 Å². The first kappa shape index (κ1) is 16.5. The van der Waals surface area contributed by atoms with Crippen molar-refractivity contribution in [2.75, 3.05) is 11.5 Å². The molecule has 0 saturated carbocycles. The molecule has 3 aliphatic heterocycles. The highest BCUT2D eigenvalue weighted by Gasteiger charge is 2.64. The van der Waals surface area contributed by atoms with Crippen LogP contribution in [0.15, 0.2) is 42.0 Å². The third-order valence-corrected chi connectivity index (χ3v) is 4.98. The molecule has 0 spiro atoms. The Morgan fingerprint density at radius 1 is 1.12 bits per heavy atom. The lowest BCUT2D eigenvalue weighted by Crippen LogP contribution is -2.52. The molecule has 2 fully saturated rings. The van der Waals surface area contributed by atoms with Gasteiger partial charge in [-0.1, -0.05) is 31.2 Å². The summed E-state index contributed by atoms with van der Waals surface area (Å²) in [5.74, 6) is -4.75. The van der Waals surface area contributed by atoms with Gasteiger partial charge in [-0.05, 0) is 18.6 Å². The first-order valence-corrected chi connectivity index (χ1v) is 8.56. The molecule has 1 aliphatic carbocycles. The first-order valence-electron chi connectivity index (χ1n) is 8.56. The van der Waals surface area contributed by atoms with Gasteiger partial charge < -0.3 is 9.47 Å². The average molecular weight is 355 g/mol. The number of imide groups is 1. The van der Waals surface area contributed by atoms with Crippen LogP contribution in [0.2, 0.25) is 0 Å². The van der Waals surface area contributed by atoms with Crippen LogP contribution in [0.4, 0.5) is 5.69 Å². The highest BCUT2D eigenvalue weighted by molar-refractivity contribution is 6.24. The lowest BCUT2D eigenvalue weighted by Gasteiger charge is -2.39. The lowest BCUT2D eigenvalue weighted by atomic mass is 9.70. The van der Waals surface area contributed by atoms with E-state index in [1.54, 1.807) is 30.3 Å². The predicted molar refractivity (Wildman–Crippen MR) is 88.6 cm³/mol. The highest BCUT2D eigenvalue weighted by atomic mass is 16.6. The van der Waals surface area contributed by atoms with E-state index in [4.69, 9.17) is 9.47 Å². The molecular formula is C19H17NO6. The monoisotopic (exact) mass is 355 g/mol. The van der Waals surface area contributed by atoms with Crippen molar-refractivity contribution in [3.8, 4) is 0 Å². The molecule has 2 amide bonds. The fourth-order valence-corrected chi connectivity index (χ4v) is 3.84. The Labute approximate surface area is 149 Å². The number of carbonyl (C=O) groups is 4. The summed E-state index contributed by atoms with van der Waals surface area (Å²) in [7, 11) is 0. The minimum Gasteiger partial charge on any atom is -0.462 e. The van der Waals surface area contributed by atoms with Crippen LogP contribution in [-0.2, 0) is 28.7 Å². The number of amides is 2. The maximum Gasteiger partial charge on any atom is 0.337 e. The summed E-state index contributed by atoms with van der Waals surface area (Å²) < 4.78 is 10.4. The minimum absolute atomic E-state index is 0.153. The molecule has 1 aromatic carbocycles. The molecule has 26 heavy (non-hydrogen) atoms. The van der Waals surface area contributed by atoms with E-state index in [0.717, 1.165) is 4.90 Å². The summed E-state index contributed by atoms with van der Waals surface area (Å²) in [5.41, 5.74) is 0.597. The number of carbonyl (C=O) groups excluding carboxylic acids is 4. The van der Waals surface area contributed by atoms with Crippen molar-refractivity contribution in [2.45, 2.75) is 19.4 Å². The molecule has 134 valence electrons. The second-order valence-electron chi connectivity index (χ2n) is 6.54. The van der Waals surface area contributed by atoms with Gasteiger partial charge in [0.25, 0.3) is 0 Å². The molecule has 0 unspecified atom stereocenters. The molecule has 0 aromatic heterocycles. The van der Waals surface area contributed by atoms with Gasteiger partial charge in [-0.3, -0.25) is 14.4 Å². The molecule has 7 heteroatoms. The Morgan fingerprint density at radius 3 is 2.50 bits per heavy atom. The predicted octanol–water partition coefficient (Wildman–Crippen LogP) is 1.23. The molecule has 5 rings (SSSR count). The number of anilines is 1. The van der Waals surface area contributed by atoms with E-state index in [2.05, 4.69) is 0 Å². The van der Waals surface area contributed by atoms with Crippen molar-refractivity contribution in [1.82, 2.24) is 0 Å². The lowest BCUT2D eigenvalue weighted by molar-refractivity contribution is -0.172. The van der Waals surface area contributed by atoms with Crippen molar-refractivity contribution in [1.29, 1.82) is 0 Å². The average Bonchev–Trinajstić information content (AvgIpc) is 2.92. The second kappa shape index (κ2) is 6.09. The Hall–Kier alpha value is -2.96. The smallest absolute Gasteiger partial charge is 0.337 e. The SMILES string of the molecule is CCCOC(=O)C1=C[C@@H]2C(=O)O[C@H]1[C@@H]1C(=O)N(c3ccccc3)C(=O)[C@@H]12. The first-order chi connectivity index (χ1) is 12.5. The molecule has 4 atom stereocenters. The van der Waals surface area contributed by atoms with E-state index in [-0.39, 0.29) is 12.2 Å². The summed E-state index contributed by atoms with van der Waals surface area (Å²) in [6.45, 7) is 2.10. The summed E-state index contributed by atoms with van der Waals surface area (Å²) in [4.78, 5) is 51.4. The zero-order chi connectivity index (χ0) is 18.4. The molecule has 3 heterocycles. The Bertz CT molecular complexity index is 830. The van der Waals surface area contributed by atoms with Crippen LogP contribution in [0.5, 0.6) is 0 Å². The van der Waals surface area contributed by atoms with E-state index in [1.807, 2.05) is 6.92 Å². The Balaban J connectivity index is 1.71. The van der Waals surface area contributed by atoms with E-state index in [0.29, 0.717) is 12.1 Å². The van der Waals surface area contributed by atoms with Crippen LogP contribution in [0.3, 0.4) is 0 Å². The van der Waals surface area contributed by atoms with Crippen LogP contribution in [-0.4, -0.2) is 36.5 Å². The molecule has 7 nitrogen and oxygen atoms in total. The van der Waals surface area contributed by atoms with Crippen molar-refractivity contribution < 1.29 is 28.7 Å². The van der Waals surface area contributed by atoms with Gasteiger partial charge in [-0.2, -0.15) is 0 Å². The summed E-state index contributed by atoms with van der Waals surface area (Å²) >= 11 is 0. The zero-order valence-corrected chi connectivity index (χ0v) is 14.1. The third kappa shape index (κ3) is 2.27. The van der Waals surface area contributed by atoms with Crippen LogP contribution in [0, 0.1) is 17.8 Å². The van der Waals surface area contributed by atoms with Crippen molar-refractivity contribution >= 4 is 29.4 Å². The number of nitrogens with zero attached hydrogens (tertiary/aromatic N) is 1. The van der Waals surface area contributed by atoms with Crippen molar-refractivity contribution in [3.63, 3.8) is 0 Å². The van der Waals surface area contributed by atoms with Gasteiger partial charge in [0.1, 0.15) is 6.10 Å². The maximum absolute atomic E-state index is 13.0. The molecule has 0 N–H and O–H groups in total. The van der Waals surface area contributed by atoms with Crippen LogP contribution >= 0.6 is 0 Å². The fourth-order valence-electron chi connectivity index (χ4n) is 3.84. The zero-order valence-electron chi connectivity index (χ0n) is 14.1. The molecular weight excluding hydrogens is 338 g/mol. The molecule has 4 aliphatic rings. The second-order valence-corrected chi connectivity index (χ2v) is 6.54. The van der Waals surface area contributed by atoms with E-state index < -0.39 is 47.6 Å². The fraction of sp³-hybridized carbons (Fsp3) is 0.368. The summed E-state index contributed by atoms with van der Waals surface area (Å²) in [6, 6.07) is 8.53. The van der Waals surface area contributed by atoms with Crippen LogP contribution in [0.1, 0.15) is 13.3 Å². The summed E-state index contributed by atoms with van der Waals surface area (Å²) in [6.07, 6.45) is 1.01. The van der Waals surface area contributed by atoms with Crippen LogP contribution in [0.25, 0.3) is 0 Å². The van der Waals surface area contributed by atoms with Gasteiger partial charge in [0.05, 0.1) is 35.6 Å². The number of esters is 2. The Kier molecular flexibility index (Phi) is 3.86. The van der Waals surface area contributed by atoms with Gasteiger partial charge in [-0.15, -0.1) is 0 Å². The van der Waals surface area contributed by atoms with Gasteiger partial charge in [0.15, 0.2) is 0 Å². The van der Waals surface area contributed by atoms with Gasteiger partial charge in [0, 0.05) is 0 Å². The van der Waals surface area contributed by atoms with Crippen molar-refractivity contribution in [3.05, 3.63) is 42.0 Å². The van der Waals surface area contributed by atoms with E-state index in [1.165, 1.54) is 6.08 Å². The largest absolute Gasteiger partial charge is 0.462 e. The van der Waals surface area contributed by atoms with E-state index in [9.17, 15) is 19.2 Å². The Morgan fingerprint density at radius 2 is 1.81 bits per heavy atom. The number of rotatable bonds is 4. The number of hydrogen-bond donors (Lipinski definition) is 0. The third-order valence-electron chi connectivity index (χ3n) is 4.98. The maximum atomic E-state index is 13.0. The summed E-state index contributed by atoms with van der Waals surface area (Å²) in [5, 5.41) is 0. The molecule has 2 bridgehead atoms. The van der Waals surface area contributed by atoms with E-state index >= 15 is 0 Å². The standard InChI is InChI=1S/C19H17NO6/c1-2-8-25-18(23)12-9-11-13-14(15(12)26-19(11)24)17(22)20(16(13)21)10-6-4-3-5-7-10/h3-7,9,11,13-15H,2,8H2,1H3/t11-,13+,14+,15+/m0/s1. The molecule has 1 aromatic rings. The molecule has 2 saturated heterocycles. The highest BCUT2D eigenvalue weighted by Crippen LogP contribution is 2.48. The number of fused-ring (bicyclic) bond motifs is 1. The number of ether oxygens (including phenoxy) is 2. The topological polar surface area (TPSA) is 90.0 Å². The normalized spacial score (nSPS) is 29.3. The number of benzene rings is 1. The van der Waals surface area contributed by atoms with Crippen molar-refractivity contribution in [2.24, 2.45) is 17.8 Å². The number of para-hydroxylation sites is 1. The van der Waals surface area contributed by atoms with Gasteiger partial charge >= 0.3 is 11.9 Å². The quantitative estimate of drug-likeness (QED) is 0.596. The number of hydrogen-bond acceptors (Lipinski definition) is 6. The van der Waals surface area contributed by atoms with Gasteiger partial charge in [0.2, 0.25) is 11.8 Å². The molecule has 0 radical (unpaired) electrons.